The molecule has 0 spiro atoms. The van der Waals surface area contributed by atoms with E-state index in [1.54, 1.807) is 0 Å². The lowest BCUT2D eigenvalue weighted by atomic mass is 10.1. The van der Waals surface area contributed by atoms with Gasteiger partial charge in [0.1, 0.15) is 24.1 Å². The average Bonchev–Trinajstić information content (AvgIpc) is 2.22. The standard InChI is InChI=1S/C11H16O7/c1-6(13)3-8(15)11(9(16)5-12)18-10(17)4-7(2)14/h9,11-12,16H,3-5H2,1-2H3. The fourth-order valence-electron chi connectivity index (χ4n) is 1.19. The molecule has 0 aliphatic rings. The van der Waals surface area contributed by atoms with E-state index in [2.05, 4.69) is 4.74 Å². The van der Waals surface area contributed by atoms with Gasteiger partial charge in [-0.05, 0) is 13.8 Å². The second-order valence-electron chi connectivity index (χ2n) is 3.88. The smallest absolute Gasteiger partial charge is 0.314 e. The summed E-state index contributed by atoms with van der Waals surface area (Å²) in [6.07, 6.45) is -4.31. The first-order valence-electron chi connectivity index (χ1n) is 5.28. The average molecular weight is 260 g/mol. The molecule has 0 aromatic carbocycles. The van der Waals surface area contributed by atoms with Crippen LogP contribution in [0.15, 0.2) is 0 Å². The number of aliphatic hydroxyl groups excluding tert-OH is 2. The SMILES string of the molecule is CC(=O)CC(=O)OC(C(=O)CC(C)=O)C(O)CO. The van der Waals surface area contributed by atoms with Crippen molar-refractivity contribution in [2.45, 2.75) is 38.9 Å². The Bertz CT molecular complexity index is 347. The maximum absolute atomic E-state index is 11.5. The summed E-state index contributed by atoms with van der Waals surface area (Å²) in [5.41, 5.74) is 0. The largest absolute Gasteiger partial charge is 0.451 e. The molecule has 0 saturated heterocycles. The summed E-state index contributed by atoms with van der Waals surface area (Å²) >= 11 is 0. The minimum absolute atomic E-state index is 0.460. The van der Waals surface area contributed by atoms with Crippen LogP contribution >= 0.6 is 0 Å². The molecule has 2 N–H and O–H groups in total. The van der Waals surface area contributed by atoms with Gasteiger partial charge in [-0.2, -0.15) is 0 Å². The highest BCUT2D eigenvalue weighted by atomic mass is 16.6. The molecule has 18 heavy (non-hydrogen) atoms. The van der Waals surface area contributed by atoms with Crippen LogP contribution in [0.4, 0.5) is 0 Å². The number of carbonyl (C=O) groups excluding carboxylic acids is 4. The van der Waals surface area contributed by atoms with Gasteiger partial charge in [-0.15, -0.1) is 0 Å². The minimum Gasteiger partial charge on any atom is -0.451 e. The predicted octanol–water partition coefficient (Wildman–Crippen LogP) is -1.22. The Morgan fingerprint density at radius 2 is 1.56 bits per heavy atom. The quantitative estimate of drug-likeness (QED) is 0.414. The Balaban J connectivity index is 4.68. The Morgan fingerprint density at radius 3 is 1.94 bits per heavy atom. The van der Waals surface area contributed by atoms with Crippen LogP contribution in [0.1, 0.15) is 26.7 Å². The third kappa shape index (κ3) is 6.21. The molecule has 102 valence electrons. The number of hydrogen-bond donors (Lipinski definition) is 2. The third-order valence-corrected chi connectivity index (χ3v) is 1.93. The highest BCUT2D eigenvalue weighted by Gasteiger charge is 2.30. The normalized spacial score (nSPS) is 13.6. The molecule has 0 amide bonds. The van der Waals surface area contributed by atoms with Gasteiger partial charge in [-0.25, -0.2) is 0 Å². The maximum Gasteiger partial charge on any atom is 0.314 e. The molecule has 2 unspecified atom stereocenters. The monoisotopic (exact) mass is 260 g/mol. The molecule has 0 aromatic rings. The van der Waals surface area contributed by atoms with E-state index in [0.717, 1.165) is 13.8 Å². The third-order valence-electron chi connectivity index (χ3n) is 1.93. The molecule has 0 bridgehead atoms. The summed E-state index contributed by atoms with van der Waals surface area (Å²) in [7, 11) is 0. The zero-order chi connectivity index (χ0) is 14.3. The van der Waals surface area contributed by atoms with Crippen molar-refractivity contribution >= 4 is 23.3 Å². The summed E-state index contributed by atoms with van der Waals surface area (Å²) < 4.78 is 4.61. The van der Waals surface area contributed by atoms with Crippen molar-refractivity contribution in [1.29, 1.82) is 0 Å². The molecule has 0 aromatic heterocycles. The van der Waals surface area contributed by atoms with Crippen LogP contribution in [0.25, 0.3) is 0 Å². The highest BCUT2D eigenvalue weighted by Crippen LogP contribution is 2.07. The lowest BCUT2D eigenvalue weighted by Gasteiger charge is -2.20. The molecule has 7 heteroatoms. The van der Waals surface area contributed by atoms with Gasteiger partial charge in [-0.1, -0.05) is 0 Å². The number of carbonyl (C=O) groups is 4. The second kappa shape index (κ2) is 7.67. The van der Waals surface area contributed by atoms with Crippen LogP contribution < -0.4 is 0 Å². The summed E-state index contributed by atoms with van der Waals surface area (Å²) in [5, 5.41) is 18.1. The fraction of sp³-hybridized carbons (Fsp3) is 0.636. The molecule has 0 heterocycles. The molecule has 0 saturated carbocycles. The van der Waals surface area contributed by atoms with Gasteiger partial charge in [0.05, 0.1) is 13.0 Å². The molecule has 0 radical (unpaired) electrons. The Labute approximate surface area is 104 Å². The van der Waals surface area contributed by atoms with Gasteiger partial charge in [0.15, 0.2) is 11.9 Å². The van der Waals surface area contributed by atoms with Crippen LogP contribution in [0, 0.1) is 0 Å². The lowest BCUT2D eigenvalue weighted by molar-refractivity contribution is -0.164. The van der Waals surface area contributed by atoms with Gasteiger partial charge in [-0.3, -0.25) is 19.2 Å². The van der Waals surface area contributed by atoms with Gasteiger partial charge < -0.3 is 14.9 Å². The van der Waals surface area contributed by atoms with E-state index < -0.39 is 55.0 Å². The lowest BCUT2D eigenvalue weighted by Crippen LogP contribution is -2.41. The van der Waals surface area contributed by atoms with E-state index in [4.69, 9.17) is 5.11 Å². The summed E-state index contributed by atoms with van der Waals surface area (Å²) in [4.78, 5) is 44.2. The highest BCUT2D eigenvalue weighted by molar-refractivity contribution is 6.01. The number of esters is 1. The predicted molar refractivity (Wildman–Crippen MR) is 58.6 cm³/mol. The summed E-state index contributed by atoms with van der Waals surface area (Å²) in [6.45, 7) is 1.52. The van der Waals surface area contributed by atoms with Crippen LogP contribution in [0.5, 0.6) is 0 Å². The van der Waals surface area contributed by atoms with Crippen molar-refractivity contribution in [2.24, 2.45) is 0 Å². The number of rotatable bonds is 8. The van der Waals surface area contributed by atoms with E-state index >= 15 is 0 Å². The molecular formula is C11H16O7. The molecule has 0 aliphatic carbocycles. The van der Waals surface area contributed by atoms with Crippen molar-refractivity contribution in [3.63, 3.8) is 0 Å². The van der Waals surface area contributed by atoms with Gasteiger partial charge in [0.25, 0.3) is 0 Å². The van der Waals surface area contributed by atoms with Gasteiger partial charge >= 0.3 is 5.97 Å². The Kier molecular flexibility index (Phi) is 6.99. The zero-order valence-electron chi connectivity index (χ0n) is 10.2. The Hall–Kier alpha value is -1.60. The molecule has 2 atom stereocenters. The molecule has 0 rings (SSSR count). The van der Waals surface area contributed by atoms with Crippen molar-refractivity contribution in [1.82, 2.24) is 0 Å². The zero-order valence-corrected chi connectivity index (χ0v) is 10.2. The minimum atomic E-state index is -1.63. The molecular weight excluding hydrogens is 244 g/mol. The van der Waals surface area contributed by atoms with E-state index in [1.807, 2.05) is 0 Å². The first-order chi connectivity index (χ1) is 8.27. The van der Waals surface area contributed by atoms with Gasteiger partial charge in [0, 0.05) is 0 Å². The first kappa shape index (κ1) is 16.4. The van der Waals surface area contributed by atoms with Crippen molar-refractivity contribution < 1.29 is 34.1 Å². The topological polar surface area (TPSA) is 118 Å². The molecule has 0 fully saturated rings. The van der Waals surface area contributed by atoms with Crippen molar-refractivity contribution in [2.75, 3.05) is 6.61 Å². The van der Waals surface area contributed by atoms with Crippen molar-refractivity contribution in [3.05, 3.63) is 0 Å². The van der Waals surface area contributed by atoms with Crippen molar-refractivity contribution in [3.8, 4) is 0 Å². The number of hydrogen-bond acceptors (Lipinski definition) is 7. The van der Waals surface area contributed by atoms with E-state index in [9.17, 15) is 24.3 Å². The maximum atomic E-state index is 11.5. The first-order valence-corrected chi connectivity index (χ1v) is 5.28. The van der Waals surface area contributed by atoms with E-state index in [0.29, 0.717) is 0 Å². The summed E-state index contributed by atoms with van der Waals surface area (Å²) in [5.74, 6) is -2.73. The second-order valence-corrected chi connectivity index (χ2v) is 3.88. The number of aliphatic hydroxyl groups is 2. The van der Waals surface area contributed by atoms with Gasteiger partial charge in [0.2, 0.25) is 0 Å². The summed E-state index contributed by atoms with van der Waals surface area (Å²) in [6, 6.07) is 0. The van der Waals surface area contributed by atoms with Crippen LogP contribution in [-0.2, 0) is 23.9 Å². The number of ketones is 3. The molecule has 7 nitrogen and oxygen atoms in total. The van der Waals surface area contributed by atoms with Crippen LogP contribution in [0.2, 0.25) is 0 Å². The van der Waals surface area contributed by atoms with Crippen LogP contribution in [0.3, 0.4) is 0 Å². The molecule has 0 aliphatic heterocycles. The Morgan fingerprint density at radius 1 is 1.06 bits per heavy atom. The van der Waals surface area contributed by atoms with E-state index in [1.165, 1.54) is 0 Å². The number of Topliss-reactive ketones (excluding diaryl/α,β-unsaturated/α-hetero) is 3. The van der Waals surface area contributed by atoms with E-state index in [-0.39, 0.29) is 0 Å². The number of ether oxygens (including phenoxy) is 1. The van der Waals surface area contributed by atoms with Crippen LogP contribution in [-0.4, -0.2) is 52.3 Å². The fourth-order valence-corrected chi connectivity index (χ4v) is 1.19.